The summed E-state index contributed by atoms with van der Waals surface area (Å²) in [5.74, 6) is 0.674. The molecule has 1 fully saturated rings. The maximum absolute atomic E-state index is 14.0. The number of nitrogens with one attached hydrogen (secondary N) is 1. The number of nitrogens with zero attached hydrogens (tertiary/aromatic N) is 2. The van der Waals surface area contributed by atoms with Crippen molar-refractivity contribution in [2.24, 2.45) is 0 Å². The second kappa shape index (κ2) is 9.10. The Morgan fingerprint density at radius 3 is 2.57 bits per heavy atom. The van der Waals surface area contributed by atoms with Gasteiger partial charge >= 0.3 is 0 Å². The van der Waals surface area contributed by atoms with E-state index in [-0.39, 0.29) is 11.9 Å². The van der Waals surface area contributed by atoms with E-state index in [2.05, 4.69) is 27.3 Å². The fraction of sp³-hybridized carbons (Fsp3) is 0.318. The van der Waals surface area contributed by atoms with Gasteiger partial charge in [0.2, 0.25) is 5.89 Å². The molecule has 1 atom stereocenters. The van der Waals surface area contributed by atoms with Gasteiger partial charge < -0.3 is 14.5 Å². The van der Waals surface area contributed by atoms with E-state index in [4.69, 9.17) is 9.15 Å². The maximum Gasteiger partial charge on any atom is 0.208 e. The summed E-state index contributed by atoms with van der Waals surface area (Å²) in [6, 6.07) is 17.1. The van der Waals surface area contributed by atoms with Crippen LogP contribution in [-0.2, 0) is 11.3 Å². The van der Waals surface area contributed by atoms with Crippen LogP contribution in [0.4, 0.5) is 4.39 Å². The molecule has 1 saturated heterocycles. The number of ether oxygens (including phenoxy) is 1. The summed E-state index contributed by atoms with van der Waals surface area (Å²) in [5, 5.41) is 3.55. The van der Waals surface area contributed by atoms with Crippen molar-refractivity contribution >= 4 is 0 Å². The van der Waals surface area contributed by atoms with Crippen molar-refractivity contribution in [3.05, 3.63) is 78.1 Å². The van der Waals surface area contributed by atoms with Gasteiger partial charge in [0.15, 0.2) is 5.76 Å². The molecule has 0 aliphatic carbocycles. The molecule has 1 unspecified atom stereocenters. The van der Waals surface area contributed by atoms with Crippen molar-refractivity contribution in [1.29, 1.82) is 0 Å². The van der Waals surface area contributed by atoms with Crippen LogP contribution in [0, 0.1) is 5.82 Å². The number of hydrogen-bond acceptors (Lipinski definition) is 5. The van der Waals surface area contributed by atoms with Crippen LogP contribution in [0.5, 0.6) is 0 Å². The summed E-state index contributed by atoms with van der Waals surface area (Å²) in [4.78, 5) is 6.71. The zero-order chi connectivity index (χ0) is 19.2. The summed E-state index contributed by atoms with van der Waals surface area (Å²) in [6.45, 7) is 4.76. The number of halogens is 1. The lowest BCUT2D eigenvalue weighted by Gasteiger charge is -2.31. The van der Waals surface area contributed by atoms with Gasteiger partial charge in [0.1, 0.15) is 5.82 Å². The number of benzene rings is 2. The van der Waals surface area contributed by atoms with E-state index < -0.39 is 0 Å². The van der Waals surface area contributed by atoms with Crippen LogP contribution >= 0.6 is 0 Å². The summed E-state index contributed by atoms with van der Waals surface area (Å²) in [6.07, 6.45) is 1.58. The SMILES string of the molecule is Fc1ccccc1-c1cnc(CNC(CN2CCOCC2)c2ccccc2)o1. The molecule has 1 aliphatic rings. The van der Waals surface area contributed by atoms with Crippen LogP contribution in [-0.4, -0.2) is 42.7 Å². The summed E-state index contributed by atoms with van der Waals surface area (Å²) >= 11 is 0. The average molecular weight is 381 g/mol. The average Bonchev–Trinajstić information content (AvgIpc) is 3.21. The zero-order valence-electron chi connectivity index (χ0n) is 15.7. The highest BCUT2D eigenvalue weighted by atomic mass is 19.1. The molecule has 0 spiro atoms. The van der Waals surface area contributed by atoms with E-state index in [0.29, 0.717) is 23.8 Å². The Hall–Kier alpha value is -2.54. The van der Waals surface area contributed by atoms with Gasteiger partial charge in [-0.15, -0.1) is 0 Å². The maximum atomic E-state index is 14.0. The lowest BCUT2D eigenvalue weighted by molar-refractivity contribution is 0.0332. The third-order valence-corrected chi connectivity index (χ3v) is 4.94. The minimum atomic E-state index is -0.312. The Morgan fingerprint density at radius 1 is 1.04 bits per heavy atom. The minimum Gasteiger partial charge on any atom is -0.439 e. The predicted molar refractivity (Wildman–Crippen MR) is 105 cm³/mol. The normalized spacial score (nSPS) is 16.2. The van der Waals surface area contributed by atoms with Crippen LogP contribution < -0.4 is 5.32 Å². The molecule has 4 rings (SSSR count). The van der Waals surface area contributed by atoms with Crippen LogP contribution in [0.1, 0.15) is 17.5 Å². The van der Waals surface area contributed by atoms with Gasteiger partial charge in [0, 0.05) is 25.7 Å². The first kappa shape index (κ1) is 18.8. The fourth-order valence-electron chi connectivity index (χ4n) is 3.40. The third kappa shape index (κ3) is 4.65. The van der Waals surface area contributed by atoms with Gasteiger partial charge in [-0.25, -0.2) is 9.37 Å². The standard InChI is InChI=1S/C22H24FN3O2/c23-19-9-5-4-8-18(19)21-14-25-22(28-21)15-24-20(17-6-2-1-3-7-17)16-26-10-12-27-13-11-26/h1-9,14,20,24H,10-13,15-16H2. The quantitative estimate of drug-likeness (QED) is 0.677. The highest BCUT2D eigenvalue weighted by Crippen LogP contribution is 2.23. The number of hydrogen-bond donors (Lipinski definition) is 1. The number of aromatic nitrogens is 1. The topological polar surface area (TPSA) is 50.5 Å². The lowest BCUT2D eigenvalue weighted by atomic mass is 10.1. The largest absolute Gasteiger partial charge is 0.439 e. The molecule has 1 aliphatic heterocycles. The molecule has 28 heavy (non-hydrogen) atoms. The Kier molecular flexibility index (Phi) is 6.11. The molecule has 0 saturated carbocycles. The predicted octanol–water partition coefficient (Wildman–Crippen LogP) is 3.64. The Morgan fingerprint density at radius 2 is 1.79 bits per heavy atom. The van der Waals surface area contributed by atoms with Gasteiger partial charge in [-0.1, -0.05) is 42.5 Å². The first-order valence-electron chi connectivity index (χ1n) is 9.57. The highest BCUT2D eigenvalue weighted by Gasteiger charge is 2.19. The van der Waals surface area contributed by atoms with E-state index in [1.165, 1.54) is 11.6 Å². The van der Waals surface area contributed by atoms with Gasteiger partial charge in [0.25, 0.3) is 0 Å². The smallest absolute Gasteiger partial charge is 0.208 e. The molecule has 2 aromatic carbocycles. The Labute approximate surface area is 164 Å². The van der Waals surface area contributed by atoms with Gasteiger partial charge in [-0.2, -0.15) is 0 Å². The molecule has 2 heterocycles. The molecular formula is C22H24FN3O2. The van der Waals surface area contributed by atoms with Gasteiger partial charge in [0.05, 0.1) is 31.5 Å². The second-order valence-corrected chi connectivity index (χ2v) is 6.86. The second-order valence-electron chi connectivity index (χ2n) is 6.86. The first-order chi connectivity index (χ1) is 13.8. The Bertz CT molecular complexity index is 878. The monoisotopic (exact) mass is 381 g/mol. The summed E-state index contributed by atoms with van der Waals surface area (Å²) < 4.78 is 25.2. The van der Waals surface area contributed by atoms with E-state index >= 15 is 0 Å². The molecule has 0 bridgehead atoms. The van der Waals surface area contributed by atoms with Crippen molar-refractivity contribution < 1.29 is 13.5 Å². The van der Waals surface area contributed by atoms with Crippen molar-refractivity contribution in [3.63, 3.8) is 0 Å². The van der Waals surface area contributed by atoms with Crippen LogP contribution in [0.15, 0.2) is 65.2 Å². The molecule has 1 N–H and O–H groups in total. The van der Waals surface area contributed by atoms with Crippen LogP contribution in [0.25, 0.3) is 11.3 Å². The molecule has 1 aromatic heterocycles. The molecule has 6 heteroatoms. The molecular weight excluding hydrogens is 357 g/mol. The van der Waals surface area contributed by atoms with E-state index in [0.717, 1.165) is 32.8 Å². The van der Waals surface area contributed by atoms with Gasteiger partial charge in [-0.05, 0) is 17.7 Å². The molecule has 5 nitrogen and oxygen atoms in total. The number of morpholine rings is 1. The number of oxazole rings is 1. The molecule has 0 amide bonds. The fourth-order valence-corrected chi connectivity index (χ4v) is 3.40. The van der Waals surface area contributed by atoms with Crippen LogP contribution in [0.2, 0.25) is 0 Å². The van der Waals surface area contributed by atoms with Gasteiger partial charge in [-0.3, -0.25) is 4.90 Å². The van der Waals surface area contributed by atoms with Crippen molar-refractivity contribution in [2.45, 2.75) is 12.6 Å². The molecule has 0 radical (unpaired) electrons. The van der Waals surface area contributed by atoms with Crippen molar-refractivity contribution in [3.8, 4) is 11.3 Å². The molecule has 146 valence electrons. The lowest BCUT2D eigenvalue weighted by Crippen LogP contribution is -2.41. The van der Waals surface area contributed by atoms with Crippen molar-refractivity contribution in [2.75, 3.05) is 32.8 Å². The summed E-state index contributed by atoms with van der Waals surface area (Å²) in [7, 11) is 0. The third-order valence-electron chi connectivity index (χ3n) is 4.94. The minimum absolute atomic E-state index is 0.142. The first-order valence-corrected chi connectivity index (χ1v) is 9.57. The number of rotatable bonds is 7. The highest BCUT2D eigenvalue weighted by molar-refractivity contribution is 5.56. The summed E-state index contributed by atoms with van der Waals surface area (Å²) in [5.41, 5.74) is 1.64. The van der Waals surface area contributed by atoms with E-state index in [9.17, 15) is 4.39 Å². The van der Waals surface area contributed by atoms with Crippen LogP contribution in [0.3, 0.4) is 0 Å². The zero-order valence-corrected chi connectivity index (χ0v) is 15.7. The van der Waals surface area contributed by atoms with E-state index in [1.807, 2.05) is 18.2 Å². The Balaban J connectivity index is 1.45. The van der Waals surface area contributed by atoms with E-state index in [1.54, 1.807) is 24.4 Å². The van der Waals surface area contributed by atoms with Crippen molar-refractivity contribution in [1.82, 2.24) is 15.2 Å². The molecule has 3 aromatic rings.